The fourth-order valence-electron chi connectivity index (χ4n) is 3.67. The predicted molar refractivity (Wildman–Crippen MR) is 120 cm³/mol. The Morgan fingerprint density at radius 2 is 1.75 bits per heavy atom. The van der Waals surface area contributed by atoms with Gasteiger partial charge in [0.15, 0.2) is 0 Å². The summed E-state index contributed by atoms with van der Waals surface area (Å²) in [4.78, 5) is 38.4. The number of ketones is 1. The average Bonchev–Trinajstić information content (AvgIpc) is 3.00. The number of nitrogens with zero attached hydrogens (tertiary/aromatic N) is 1. The zero-order valence-corrected chi connectivity index (χ0v) is 18.8. The van der Waals surface area contributed by atoms with E-state index in [-0.39, 0.29) is 21.9 Å². The predicted octanol–water partition coefficient (Wildman–Crippen LogP) is 4.50. The summed E-state index contributed by atoms with van der Waals surface area (Å²) >= 11 is 6.31. The number of amides is 1. The Labute approximate surface area is 191 Å². The van der Waals surface area contributed by atoms with Crippen LogP contribution in [0.3, 0.4) is 0 Å². The number of Topliss-reactive ketones (excluding diaryl/α,β-unsaturated/α-hetero) is 1. The minimum absolute atomic E-state index is 0.0563. The first-order valence-corrected chi connectivity index (χ1v) is 10.7. The SMILES string of the molecule is CCCN1C(=O)C(=O)/C(=C(/O)c2cc(OCC)ccc2Cl)C1c1ccc(OC(C)=O)cc1. The first-order valence-electron chi connectivity index (χ1n) is 10.3. The summed E-state index contributed by atoms with van der Waals surface area (Å²) in [6.45, 7) is 5.75. The third kappa shape index (κ3) is 4.62. The van der Waals surface area contributed by atoms with Gasteiger partial charge in [0.2, 0.25) is 0 Å². The smallest absolute Gasteiger partial charge is 0.308 e. The average molecular weight is 458 g/mol. The first kappa shape index (κ1) is 23.3. The molecule has 0 spiro atoms. The zero-order chi connectivity index (χ0) is 23.4. The van der Waals surface area contributed by atoms with Gasteiger partial charge in [0.25, 0.3) is 11.7 Å². The van der Waals surface area contributed by atoms with E-state index in [1.165, 1.54) is 17.9 Å². The van der Waals surface area contributed by atoms with Crippen molar-refractivity contribution in [2.75, 3.05) is 13.2 Å². The van der Waals surface area contributed by atoms with E-state index < -0.39 is 23.7 Å². The number of benzene rings is 2. The fourth-order valence-corrected chi connectivity index (χ4v) is 3.88. The molecular weight excluding hydrogens is 434 g/mol. The number of hydrogen-bond donors (Lipinski definition) is 1. The Morgan fingerprint density at radius 3 is 2.34 bits per heavy atom. The minimum Gasteiger partial charge on any atom is -0.507 e. The van der Waals surface area contributed by atoms with Crippen LogP contribution in [0.1, 0.15) is 44.4 Å². The normalized spacial score (nSPS) is 17.5. The van der Waals surface area contributed by atoms with Crippen molar-refractivity contribution in [1.82, 2.24) is 4.90 Å². The molecule has 1 atom stereocenters. The molecule has 3 rings (SSSR count). The molecule has 0 saturated carbocycles. The number of aliphatic hydroxyl groups is 1. The lowest BCUT2D eigenvalue weighted by molar-refractivity contribution is -0.139. The second-order valence-corrected chi connectivity index (χ2v) is 7.64. The molecule has 1 heterocycles. The highest BCUT2D eigenvalue weighted by Gasteiger charge is 2.45. The van der Waals surface area contributed by atoms with Gasteiger partial charge in [-0.05, 0) is 49.2 Å². The molecule has 32 heavy (non-hydrogen) atoms. The van der Waals surface area contributed by atoms with Gasteiger partial charge in [-0.15, -0.1) is 0 Å². The van der Waals surface area contributed by atoms with Crippen molar-refractivity contribution in [3.8, 4) is 11.5 Å². The Hall–Kier alpha value is -3.32. The number of esters is 1. The largest absolute Gasteiger partial charge is 0.507 e. The number of likely N-dealkylation sites (tertiary alicyclic amines) is 1. The highest BCUT2D eigenvalue weighted by atomic mass is 35.5. The molecule has 1 fully saturated rings. The van der Waals surface area contributed by atoms with Crippen LogP contribution < -0.4 is 9.47 Å². The van der Waals surface area contributed by atoms with Crippen molar-refractivity contribution in [2.24, 2.45) is 0 Å². The lowest BCUT2D eigenvalue weighted by Gasteiger charge is -2.25. The molecule has 1 aliphatic heterocycles. The number of ether oxygens (including phenoxy) is 2. The van der Waals surface area contributed by atoms with E-state index in [0.717, 1.165) is 0 Å². The van der Waals surface area contributed by atoms with Crippen molar-refractivity contribution in [3.63, 3.8) is 0 Å². The van der Waals surface area contributed by atoms with Gasteiger partial charge in [-0.1, -0.05) is 30.7 Å². The van der Waals surface area contributed by atoms with Gasteiger partial charge >= 0.3 is 5.97 Å². The zero-order valence-electron chi connectivity index (χ0n) is 18.1. The van der Waals surface area contributed by atoms with Crippen LogP contribution >= 0.6 is 11.6 Å². The molecule has 2 aromatic carbocycles. The van der Waals surface area contributed by atoms with Gasteiger partial charge in [0.1, 0.15) is 17.3 Å². The van der Waals surface area contributed by atoms with Crippen LogP contribution in [-0.4, -0.2) is 40.8 Å². The molecule has 0 aliphatic carbocycles. The summed E-state index contributed by atoms with van der Waals surface area (Å²) in [5.74, 6) is -1.51. The van der Waals surface area contributed by atoms with Gasteiger partial charge in [0, 0.05) is 19.0 Å². The maximum Gasteiger partial charge on any atom is 0.308 e. The standard InChI is InChI=1S/C24H24ClNO6/c1-4-12-26-21(15-6-8-16(9-7-15)32-14(3)27)20(23(29)24(26)30)22(28)18-13-17(31-5-2)10-11-19(18)25/h6-11,13,21,28H,4-5,12H2,1-3H3/b22-20+. The van der Waals surface area contributed by atoms with Crippen molar-refractivity contribution >= 4 is 35.0 Å². The third-order valence-electron chi connectivity index (χ3n) is 4.97. The van der Waals surface area contributed by atoms with E-state index in [4.69, 9.17) is 21.1 Å². The van der Waals surface area contributed by atoms with Crippen LogP contribution in [0.2, 0.25) is 5.02 Å². The summed E-state index contributed by atoms with van der Waals surface area (Å²) in [6.07, 6.45) is 0.621. The molecule has 0 radical (unpaired) electrons. The first-order chi connectivity index (χ1) is 15.3. The van der Waals surface area contributed by atoms with Crippen molar-refractivity contribution < 1.29 is 29.0 Å². The highest BCUT2D eigenvalue weighted by molar-refractivity contribution is 6.47. The van der Waals surface area contributed by atoms with Crippen LogP contribution in [0.25, 0.3) is 5.76 Å². The van der Waals surface area contributed by atoms with E-state index in [1.807, 2.05) is 13.8 Å². The minimum atomic E-state index is -0.812. The molecule has 8 heteroatoms. The second-order valence-electron chi connectivity index (χ2n) is 7.23. The second kappa shape index (κ2) is 9.87. The monoisotopic (exact) mass is 457 g/mol. The molecule has 1 amide bonds. The Bertz CT molecular complexity index is 1080. The van der Waals surface area contributed by atoms with Crippen LogP contribution in [0.15, 0.2) is 48.0 Å². The van der Waals surface area contributed by atoms with Crippen molar-refractivity contribution in [1.29, 1.82) is 0 Å². The van der Waals surface area contributed by atoms with Crippen LogP contribution in [0.5, 0.6) is 11.5 Å². The molecule has 1 N–H and O–H groups in total. The number of carbonyl (C=O) groups excluding carboxylic acids is 3. The molecule has 0 aromatic heterocycles. The Morgan fingerprint density at radius 1 is 1.09 bits per heavy atom. The third-order valence-corrected chi connectivity index (χ3v) is 5.30. The van der Waals surface area contributed by atoms with Crippen LogP contribution in [0.4, 0.5) is 0 Å². The molecule has 1 aliphatic rings. The topological polar surface area (TPSA) is 93.1 Å². The molecule has 1 saturated heterocycles. The number of rotatable bonds is 7. The molecule has 7 nitrogen and oxygen atoms in total. The fraction of sp³-hybridized carbons (Fsp3) is 0.292. The lowest BCUT2D eigenvalue weighted by Crippen LogP contribution is -2.30. The van der Waals surface area contributed by atoms with Crippen LogP contribution in [0, 0.1) is 0 Å². The van der Waals surface area contributed by atoms with Crippen LogP contribution in [-0.2, 0) is 14.4 Å². The quantitative estimate of drug-likeness (QED) is 0.216. The van der Waals surface area contributed by atoms with Crippen molar-refractivity contribution in [3.05, 3.63) is 64.2 Å². The molecular formula is C24H24ClNO6. The Balaban J connectivity index is 2.15. The number of aliphatic hydroxyl groups excluding tert-OH is 1. The highest BCUT2D eigenvalue weighted by Crippen LogP contribution is 2.41. The van der Waals surface area contributed by atoms with Crippen molar-refractivity contribution in [2.45, 2.75) is 33.2 Å². The van der Waals surface area contributed by atoms with E-state index in [9.17, 15) is 19.5 Å². The summed E-state index contributed by atoms with van der Waals surface area (Å²) in [7, 11) is 0. The van der Waals surface area contributed by atoms with E-state index in [0.29, 0.717) is 36.6 Å². The Kier molecular flexibility index (Phi) is 7.20. The maximum atomic E-state index is 13.0. The van der Waals surface area contributed by atoms with Gasteiger partial charge in [0.05, 0.1) is 23.2 Å². The molecule has 168 valence electrons. The maximum absolute atomic E-state index is 13.0. The summed E-state index contributed by atoms with van der Waals surface area (Å²) < 4.78 is 10.5. The summed E-state index contributed by atoms with van der Waals surface area (Å²) in [5, 5.41) is 11.4. The number of carbonyl (C=O) groups is 3. The summed E-state index contributed by atoms with van der Waals surface area (Å²) in [6, 6.07) is 10.4. The van der Waals surface area contributed by atoms with E-state index in [1.54, 1.807) is 36.4 Å². The molecule has 0 bridgehead atoms. The number of halogens is 1. The van der Waals surface area contributed by atoms with Gasteiger partial charge in [-0.2, -0.15) is 0 Å². The van der Waals surface area contributed by atoms with E-state index in [2.05, 4.69) is 0 Å². The van der Waals surface area contributed by atoms with E-state index >= 15 is 0 Å². The molecule has 1 unspecified atom stereocenters. The van der Waals surface area contributed by atoms with Gasteiger partial charge in [-0.25, -0.2) is 0 Å². The van der Waals surface area contributed by atoms with Gasteiger partial charge < -0.3 is 19.5 Å². The van der Waals surface area contributed by atoms with Gasteiger partial charge in [-0.3, -0.25) is 14.4 Å². The summed E-state index contributed by atoms with van der Waals surface area (Å²) in [5.41, 5.74) is 0.736. The lowest BCUT2D eigenvalue weighted by atomic mass is 9.95. The molecule has 2 aromatic rings. The number of hydrogen-bond acceptors (Lipinski definition) is 6.